The molecule has 1 fully saturated rings. The van der Waals surface area contributed by atoms with E-state index in [2.05, 4.69) is 5.32 Å². The van der Waals surface area contributed by atoms with Crippen molar-refractivity contribution in [1.82, 2.24) is 5.32 Å². The SMILES string of the molecule is O=[N+]([O-])c1ccc(C2CCN2)cc1F. The first-order valence-electron chi connectivity index (χ1n) is 4.35. The fourth-order valence-electron chi connectivity index (χ4n) is 1.46. The molecule has 4 nitrogen and oxygen atoms in total. The molecule has 74 valence electrons. The summed E-state index contributed by atoms with van der Waals surface area (Å²) >= 11 is 0. The smallest absolute Gasteiger partial charge is 0.304 e. The number of rotatable bonds is 2. The van der Waals surface area contributed by atoms with Gasteiger partial charge in [0.25, 0.3) is 0 Å². The second kappa shape index (κ2) is 3.34. The fourth-order valence-corrected chi connectivity index (χ4v) is 1.46. The first-order chi connectivity index (χ1) is 6.68. The number of nitrogens with one attached hydrogen (secondary N) is 1. The van der Waals surface area contributed by atoms with Gasteiger partial charge >= 0.3 is 5.69 Å². The third-order valence-electron chi connectivity index (χ3n) is 2.39. The molecule has 2 rings (SSSR count). The van der Waals surface area contributed by atoms with E-state index in [4.69, 9.17) is 0 Å². The third kappa shape index (κ3) is 1.46. The summed E-state index contributed by atoms with van der Waals surface area (Å²) in [6.45, 7) is 0.920. The molecule has 1 heterocycles. The summed E-state index contributed by atoms with van der Waals surface area (Å²) in [5, 5.41) is 13.4. The monoisotopic (exact) mass is 196 g/mol. The Morgan fingerprint density at radius 3 is 2.71 bits per heavy atom. The number of hydrogen-bond donors (Lipinski definition) is 1. The molecule has 14 heavy (non-hydrogen) atoms. The van der Waals surface area contributed by atoms with E-state index in [1.807, 2.05) is 0 Å². The van der Waals surface area contributed by atoms with Crippen LogP contribution in [0.5, 0.6) is 0 Å². The van der Waals surface area contributed by atoms with Gasteiger partial charge in [0.15, 0.2) is 0 Å². The van der Waals surface area contributed by atoms with Gasteiger partial charge in [0, 0.05) is 12.1 Å². The maximum atomic E-state index is 13.2. The quantitative estimate of drug-likeness (QED) is 0.579. The van der Waals surface area contributed by atoms with Gasteiger partial charge in [0.05, 0.1) is 4.92 Å². The van der Waals surface area contributed by atoms with Crippen molar-refractivity contribution in [2.45, 2.75) is 12.5 Å². The van der Waals surface area contributed by atoms with Gasteiger partial charge in [0.1, 0.15) is 0 Å². The van der Waals surface area contributed by atoms with Gasteiger partial charge in [-0.1, -0.05) is 6.07 Å². The van der Waals surface area contributed by atoms with Crippen LogP contribution >= 0.6 is 0 Å². The number of halogens is 1. The van der Waals surface area contributed by atoms with Gasteiger partial charge in [-0.3, -0.25) is 10.1 Å². The fraction of sp³-hybridized carbons (Fsp3) is 0.333. The van der Waals surface area contributed by atoms with Gasteiger partial charge in [-0.25, -0.2) is 0 Å². The van der Waals surface area contributed by atoms with Gasteiger partial charge in [-0.05, 0) is 24.6 Å². The highest BCUT2D eigenvalue weighted by atomic mass is 19.1. The Morgan fingerprint density at radius 2 is 2.29 bits per heavy atom. The Bertz CT molecular complexity index is 377. The molecule has 0 aromatic heterocycles. The molecule has 0 spiro atoms. The van der Waals surface area contributed by atoms with Crippen LogP contribution in [0.2, 0.25) is 0 Å². The van der Waals surface area contributed by atoms with Crippen LogP contribution in [-0.4, -0.2) is 11.5 Å². The minimum Gasteiger partial charge on any atom is -0.310 e. The first kappa shape index (κ1) is 9.08. The normalized spacial score (nSPS) is 20.2. The number of nitro benzene ring substituents is 1. The summed E-state index contributed by atoms with van der Waals surface area (Å²) in [7, 11) is 0. The lowest BCUT2D eigenvalue weighted by Gasteiger charge is -2.27. The molecule has 1 aromatic rings. The second-order valence-electron chi connectivity index (χ2n) is 3.26. The molecule has 1 aliphatic rings. The van der Waals surface area contributed by atoms with Crippen LogP contribution in [0.15, 0.2) is 18.2 Å². The largest absolute Gasteiger partial charge is 0.310 e. The van der Waals surface area contributed by atoms with Crippen LogP contribution < -0.4 is 5.32 Å². The van der Waals surface area contributed by atoms with Crippen LogP contribution in [0.3, 0.4) is 0 Å². The average Bonchev–Trinajstić information content (AvgIpc) is 2.00. The highest BCUT2D eigenvalue weighted by Gasteiger charge is 2.21. The third-order valence-corrected chi connectivity index (χ3v) is 2.39. The van der Waals surface area contributed by atoms with Crippen molar-refractivity contribution in [1.29, 1.82) is 0 Å². The molecule has 1 aromatic carbocycles. The predicted octanol–water partition coefficient (Wildman–Crippen LogP) is 1.77. The summed E-state index contributed by atoms with van der Waals surface area (Å²) < 4.78 is 13.2. The van der Waals surface area contributed by atoms with E-state index >= 15 is 0 Å². The van der Waals surface area contributed by atoms with Gasteiger partial charge in [-0.2, -0.15) is 4.39 Å². The summed E-state index contributed by atoms with van der Waals surface area (Å²) in [5.41, 5.74) is 0.312. The zero-order valence-corrected chi connectivity index (χ0v) is 7.37. The van der Waals surface area contributed by atoms with Crippen molar-refractivity contribution in [2.75, 3.05) is 6.54 Å². The zero-order valence-electron chi connectivity index (χ0n) is 7.37. The molecule has 0 amide bonds. The maximum absolute atomic E-state index is 13.2. The molecule has 5 heteroatoms. The average molecular weight is 196 g/mol. The Labute approximate surface area is 79.9 Å². The Balaban J connectivity index is 2.30. The molecule has 0 saturated carbocycles. The Hall–Kier alpha value is -1.49. The number of hydrogen-bond acceptors (Lipinski definition) is 3. The van der Waals surface area contributed by atoms with Gasteiger partial charge in [0.2, 0.25) is 5.82 Å². The first-order valence-corrected chi connectivity index (χ1v) is 4.35. The van der Waals surface area contributed by atoms with Crippen LogP contribution in [-0.2, 0) is 0 Å². The molecule has 0 bridgehead atoms. The second-order valence-corrected chi connectivity index (χ2v) is 3.26. The highest BCUT2D eigenvalue weighted by molar-refractivity contribution is 5.36. The molecule has 0 radical (unpaired) electrons. The van der Waals surface area contributed by atoms with Crippen molar-refractivity contribution in [2.24, 2.45) is 0 Å². The summed E-state index contributed by atoms with van der Waals surface area (Å²) in [5.74, 6) is -0.763. The van der Waals surface area contributed by atoms with E-state index in [1.165, 1.54) is 12.1 Å². The van der Waals surface area contributed by atoms with Gasteiger partial charge in [-0.15, -0.1) is 0 Å². The molecule has 1 N–H and O–H groups in total. The van der Waals surface area contributed by atoms with Crippen LogP contribution in [0, 0.1) is 15.9 Å². The maximum Gasteiger partial charge on any atom is 0.304 e. The predicted molar refractivity (Wildman–Crippen MR) is 48.4 cm³/mol. The topological polar surface area (TPSA) is 55.2 Å². The van der Waals surface area contributed by atoms with E-state index < -0.39 is 16.4 Å². The number of nitrogens with zero attached hydrogens (tertiary/aromatic N) is 1. The highest BCUT2D eigenvalue weighted by Crippen LogP contribution is 2.26. The molecule has 0 aliphatic carbocycles. The number of nitro groups is 1. The van der Waals surface area contributed by atoms with Crippen LogP contribution in [0.25, 0.3) is 0 Å². The van der Waals surface area contributed by atoms with E-state index in [1.54, 1.807) is 6.07 Å². The van der Waals surface area contributed by atoms with Crippen molar-refractivity contribution in [3.05, 3.63) is 39.7 Å². The summed E-state index contributed by atoms with van der Waals surface area (Å²) in [6.07, 6.45) is 0.956. The molecular weight excluding hydrogens is 187 g/mol. The minimum absolute atomic E-state index is 0.158. The Kier molecular flexibility index (Phi) is 2.17. The molecule has 1 aliphatic heterocycles. The van der Waals surface area contributed by atoms with E-state index in [-0.39, 0.29) is 6.04 Å². The summed E-state index contributed by atoms with van der Waals surface area (Å²) in [6, 6.07) is 4.20. The van der Waals surface area contributed by atoms with Crippen molar-refractivity contribution in [3.63, 3.8) is 0 Å². The lowest BCUT2D eigenvalue weighted by atomic mass is 9.98. The standard InChI is InChI=1S/C9H9FN2O2/c10-7-5-6(8-3-4-11-8)1-2-9(7)12(13)14/h1-2,5,8,11H,3-4H2. The zero-order chi connectivity index (χ0) is 10.1. The molecular formula is C9H9FN2O2. The van der Waals surface area contributed by atoms with Crippen molar-refractivity contribution < 1.29 is 9.31 Å². The van der Waals surface area contributed by atoms with Gasteiger partial charge < -0.3 is 5.32 Å². The lowest BCUT2D eigenvalue weighted by Crippen LogP contribution is -2.34. The summed E-state index contributed by atoms with van der Waals surface area (Å²) in [4.78, 5) is 9.62. The molecule has 1 atom stereocenters. The van der Waals surface area contributed by atoms with E-state index in [9.17, 15) is 14.5 Å². The van der Waals surface area contributed by atoms with E-state index in [0.717, 1.165) is 18.5 Å². The Morgan fingerprint density at radius 1 is 1.57 bits per heavy atom. The number of benzene rings is 1. The van der Waals surface area contributed by atoms with Crippen molar-refractivity contribution in [3.8, 4) is 0 Å². The minimum atomic E-state index is -0.763. The van der Waals surface area contributed by atoms with Crippen LogP contribution in [0.1, 0.15) is 18.0 Å². The van der Waals surface area contributed by atoms with Crippen LogP contribution in [0.4, 0.5) is 10.1 Å². The molecule has 1 unspecified atom stereocenters. The lowest BCUT2D eigenvalue weighted by molar-refractivity contribution is -0.387. The van der Waals surface area contributed by atoms with Crippen molar-refractivity contribution >= 4 is 5.69 Å². The molecule has 1 saturated heterocycles. The van der Waals surface area contributed by atoms with E-state index in [0.29, 0.717) is 0 Å².